The van der Waals surface area contributed by atoms with E-state index in [4.69, 9.17) is 0 Å². The van der Waals surface area contributed by atoms with Crippen molar-refractivity contribution in [2.45, 2.75) is 113 Å². The van der Waals surface area contributed by atoms with E-state index < -0.39 is 0 Å². The van der Waals surface area contributed by atoms with Crippen LogP contribution in [0.3, 0.4) is 0 Å². The monoisotopic (exact) mass is 412 g/mol. The third-order valence-corrected chi connectivity index (χ3v) is 4.93. The maximum atomic E-state index is 2.34. The van der Waals surface area contributed by atoms with Gasteiger partial charge in [-0.05, 0) is 24.0 Å². The Morgan fingerprint density at radius 2 is 1.00 bits per heavy atom. The van der Waals surface area contributed by atoms with Crippen LogP contribution >= 0.6 is 0 Å². The van der Waals surface area contributed by atoms with Crippen LogP contribution in [0.1, 0.15) is 112 Å². The summed E-state index contributed by atoms with van der Waals surface area (Å²) in [6, 6.07) is 19.0. The maximum absolute atomic E-state index is 2.34. The SMILES string of the molecule is CC.CCCC(C)CCC.CCCCCCC.Cc1ccc(-c2ccccc2)cc1. The molecule has 0 aromatic heterocycles. The van der Waals surface area contributed by atoms with E-state index in [9.17, 15) is 0 Å². The highest BCUT2D eigenvalue weighted by atomic mass is 14.0. The Labute approximate surface area is 190 Å². The van der Waals surface area contributed by atoms with Crippen molar-refractivity contribution in [1.82, 2.24) is 0 Å². The molecule has 0 aliphatic rings. The molecular weight excluding hydrogens is 360 g/mol. The molecule has 0 amide bonds. The normalized spacial score (nSPS) is 9.50. The van der Waals surface area contributed by atoms with Crippen molar-refractivity contribution in [3.05, 3.63) is 60.2 Å². The molecule has 2 aromatic carbocycles. The molecule has 2 rings (SSSR count). The fourth-order valence-corrected chi connectivity index (χ4v) is 3.18. The Kier molecular flexibility index (Phi) is 24.2. The first-order valence-electron chi connectivity index (χ1n) is 12.7. The lowest BCUT2D eigenvalue weighted by molar-refractivity contribution is 0.480. The van der Waals surface area contributed by atoms with Crippen molar-refractivity contribution in [2.24, 2.45) is 5.92 Å². The van der Waals surface area contributed by atoms with E-state index in [-0.39, 0.29) is 0 Å². The van der Waals surface area contributed by atoms with Gasteiger partial charge in [0.2, 0.25) is 0 Å². The smallest absolute Gasteiger partial charge is 0.0184 e. The van der Waals surface area contributed by atoms with Crippen molar-refractivity contribution in [2.75, 3.05) is 0 Å². The molecule has 0 N–H and O–H groups in total. The van der Waals surface area contributed by atoms with Gasteiger partial charge < -0.3 is 0 Å². The van der Waals surface area contributed by atoms with Crippen LogP contribution in [0.25, 0.3) is 11.1 Å². The summed E-state index contributed by atoms with van der Waals surface area (Å²) in [4.78, 5) is 0. The molecule has 0 atom stereocenters. The summed E-state index contributed by atoms with van der Waals surface area (Å²) < 4.78 is 0. The Balaban J connectivity index is 0. The van der Waals surface area contributed by atoms with E-state index in [1.807, 2.05) is 19.9 Å². The van der Waals surface area contributed by atoms with Crippen LogP contribution in [0.4, 0.5) is 0 Å². The van der Waals surface area contributed by atoms with Crippen LogP contribution in [0.2, 0.25) is 0 Å². The average Bonchev–Trinajstić information content (AvgIpc) is 2.78. The Morgan fingerprint density at radius 3 is 1.40 bits per heavy atom. The van der Waals surface area contributed by atoms with Crippen LogP contribution in [0.5, 0.6) is 0 Å². The largest absolute Gasteiger partial charge is 0.0683 e. The van der Waals surface area contributed by atoms with Crippen molar-refractivity contribution in [1.29, 1.82) is 0 Å². The predicted molar refractivity (Wildman–Crippen MR) is 141 cm³/mol. The van der Waals surface area contributed by atoms with Crippen LogP contribution < -0.4 is 0 Å². The fourth-order valence-electron chi connectivity index (χ4n) is 3.18. The zero-order chi connectivity index (χ0) is 23.0. The molecule has 0 nitrogen and oxygen atoms in total. The van der Waals surface area contributed by atoms with Gasteiger partial charge in [-0.2, -0.15) is 0 Å². The lowest BCUT2D eigenvalue weighted by Crippen LogP contribution is -1.91. The number of aryl methyl sites for hydroxylation is 1. The van der Waals surface area contributed by atoms with E-state index >= 15 is 0 Å². The number of hydrogen-bond donors (Lipinski definition) is 0. The van der Waals surface area contributed by atoms with Gasteiger partial charge in [-0.25, -0.2) is 0 Å². The van der Waals surface area contributed by atoms with Crippen LogP contribution in [-0.2, 0) is 0 Å². The zero-order valence-corrected chi connectivity index (χ0v) is 21.6. The Hall–Kier alpha value is -1.56. The van der Waals surface area contributed by atoms with Crippen LogP contribution in [0, 0.1) is 12.8 Å². The van der Waals surface area contributed by atoms with Gasteiger partial charge in [-0.3, -0.25) is 0 Å². The summed E-state index contributed by atoms with van der Waals surface area (Å²) in [6.07, 6.45) is 12.5. The molecule has 0 heterocycles. The number of rotatable bonds is 9. The van der Waals surface area contributed by atoms with Gasteiger partial charge in [0, 0.05) is 0 Å². The van der Waals surface area contributed by atoms with Crippen molar-refractivity contribution in [3.8, 4) is 11.1 Å². The van der Waals surface area contributed by atoms with Gasteiger partial charge in [0.25, 0.3) is 0 Å². The van der Waals surface area contributed by atoms with Gasteiger partial charge in [-0.15, -0.1) is 0 Å². The first-order valence-corrected chi connectivity index (χ1v) is 12.7. The van der Waals surface area contributed by atoms with Gasteiger partial charge in [-0.1, -0.05) is 166 Å². The van der Waals surface area contributed by atoms with E-state index in [1.165, 1.54) is 74.5 Å². The third kappa shape index (κ3) is 18.5. The predicted octanol–water partition coefficient (Wildman–Crippen LogP) is 10.9. The summed E-state index contributed by atoms with van der Waals surface area (Å²) in [5.41, 5.74) is 3.87. The highest BCUT2D eigenvalue weighted by Gasteiger charge is 1.96. The Morgan fingerprint density at radius 1 is 0.567 bits per heavy atom. The molecule has 0 aliphatic heterocycles. The molecule has 0 fully saturated rings. The standard InChI is InChI=1S/C13H12.C8H18.C7H16.C2H6/c1-11-7-9-13(10-8-11)12-5-3-2-4-6-12;1-4-6-8(3)7-5-2;1-3-5-7-6-4-2;1-2/h2-10H,1H3;8H,4-7H2,1-3H3;3-7H2,1-2H3;1-2H3. The van der Waals surface area contributed by atoms with Crippen LogP contribution in [-0.4, -0.2) is 0 Å². The van der Waals surface area contributed by atoms with E-state index in [2.05, 4.69) is 90.1 Å². The van der Waals surface area contributed by atoms with E-state index in [1.54, 1.807) is 0 Å². The third-order valence-electron chi connectivity index (χ3n) is 4.93. The van der Waals surface area contributed by atoms with E-state index in [0.29, 0.717) is 0 Å². The maximum Gasteiger partial charge on any atom is -0.0184 e. The van der Waals surface area contributed by atoms with Gasteiger partial charge in [0.05, 0.1) is 0 Å². The summed E-state index contributed by atoms with van der Waals surface area (Å²) >= 11 is 0. The molecule has 0 radical (unpaired) electrons. The zero-order valence-electron chi connectivity index (χ0n) is 21.6. The molecule has 172 valence electrons. The van der Waals surface area contributed by atoms with Gasteiger partial charge >= 0.3 is 0 Å². The molecular formula is C30H52. The molecule has 0 bridgehead atoms. The first kappa shape index (κ1) is 30.6. The summed E-state index contributed by atoms with van der Waals surface area (Å²) in [5.74, 6) is 0.963. The summed E-state index contributed by atoms with van der Waals surface area (Å²) in [7, 11) is 0. The second-order valence-electron chi connectivity index (χ2n) is 7.98. The Bertz CT molecular complexity index is 528. The topological polar surface area (TPSA) is 0 Å². The molecule has 0 saturated heterocycles. The number of unbranched alkanes of at least 4 members (excludes halogenated alkanes) is 4. The number of benzene rings is 2. The lowest BCUT2D eigenvalue weighted by Gasteiger charge is -2.05. The highest BCUT2D eigenvalue weighted by molar-refractivity contribution is 5.63. The molecule has 30 heavy (non-hydrogen) atoms. The quantitative estimate of drug-likeness (QED) is 0.359. The minimum Gasteiger partial charge on any atom is -0.0683 e. The van der Waals surface area contributed by atoms with Gasteiger partial charge in [0.15, 0.2) is 0 Å². The summed E-state index contributed by atoms with van der Waals surface area (Å²) in [6.45, 7) is 17.4. The minimum atomic E-state index is 0.963. The second kappa shape index (κ2) is 23.7. The first-order chi connectivity index (χ1) is 14.6. The molecule has 0 aliphatic carbocycles. The fraction of sp³-hybridized carbons (Fsp3) is 0.600. The van der Waals surface area contributed by atoms with E-state index in [0.717, 1.165) is 5.92 Å². The van der Waals surface area contributed by atoms with Gasteiger partial charge in [0.1, 0.15) is 0 Å². The highest BCUT2D eigenvalue weighted by Crippen LogP contribution is 2.18. The molecule has 0 saturated carbocycles. The summed E-state index contributed by atoms with van der Waals surface area (Å²) in [5, 5.41) is 0. The van der Waals surface area contributed by atoms with Crippen molar-refractivity contribution in [3.63, 3.8) is 0 Å². The second-order valence-corrected chi connectivity index (χ2v) is 7.98. The average molecular weight is 413 g/mol. The minimum absolute atomic E-state index is 0.963. The molecule has 0 unspecified atom stereocenters. The van der Waals surface area contributed by atoms with Crippen molar-refractivity contribution >= 4 is 0 Å². The van der Waals surface area contributed by atoms with Crippen molar-refractivity contribution < 1.29 is 0 Å². The molecule has 0 heteroatoms. The molecule has 0 spiro atoms. The molecule has 2 aromatic rings. The van der Waals surface area contributed by atoms with Crippen LogP contribution in [0.15, 0.2) is 54.6 Å². The lowest BCUT2D eigenvalue weighted by atomic mass is 10.0. The number of hydrogen-bond acceptors (Lipinski definition) is 0.